The van der Waals surface area contributed by atoms with E-state index in [1.54, 1.807) is 0 Å². The number of aromatic nitrogens is 2. The largest absolute Gasteiger partial charge is 0.438 e. The highest BCUT2D eigenvalue weighted by Gasteiger charge is 2.26. The van der Waals surface area contributed by atoms with E-state index < -0.39 is 0 Å². The number of carbonyl (C=O) groups excluding carboxylic acids is 1. The summed E-state index contributed by atoms with van der Waals surface area (Å²) < 4.78 is 6.19. The average molecular weight is 466 g/mol. The summed E-state index contributed by atoms with van der Waals surface area (Å²) in [5.74, 6) is 2.42. The summed E-state index contributed by atoms with van der Waals surface area (Å²) in [5.41, 5.74) is 5.24. The van der Waals surface area contributed by atoms with Gasteiger partial charge in [-0.15, -0.1) is 0 Å². The van der Waals surface area contributed by atoms with Crippen LogP contribution in [-0.4, -0.2) is 28.2 Å². The van der Waals surface area contributed by atoms with Gasteiger partial charge in [0.1, 0.15) is 10.8 Å². The number of nitrogens with zero attached hydrogens (tertiary/aromatic N) is 3. The van der Waals surface area contributed by atoms with Crippen LogP contribution < -0.4 is 9.64 Å². The molecule has 0 spiro atoms. The zero-order chi connectivity index (χ0) is 22.9. The third kappa shape index (κ3) is 3.94. The molecule has 0 aliphatic carbocycles. The summed E-state index contributed by atoms with van der Waals surface area (Å²) in [4.78, 5) is 24.8. The fraction of sp³-hybridized carbons (Fsp3) is 0.179. The quantitative estimate of drug-likeness (QED) is 0.244. The van der Waals surface area contributed by atoms with Gasteiger partial charge >= 0.3 is 0 Å². The molecule has 34 heavy (non-hydrogen) atoms. The molecule has 4 aromatic rings. The number of aryl methyl sites for hydroxylation is 1. The Morgan fingerprint density at radius 2 is 1.68 bits per heavy atom. The van der Waals surface area contributed by atoms with Gasteiger partial charge in [0, 0.05) is 24.2 Å². The van der Waals surface area contributed by atoms with Crippen LogP contribution >= 0.6 is 11.8 Å². The highest BCUT2D eigenvalue weighted by Crippen LogP contribution is 2.40. The Bertz CT molecular complexity index is 1370. The van der Waals surface area contributed by atoms with E-state index in [0.717, 1.165) is 52.5 Å². The van der Waals surface area contributed by atoms with E-state index in [1.165, 1.54) is 17.3 Å². The van der Waals surface area contributed by atoms with Crippen molar-refractivity contribution in [3.8, 4) is 23.0 Å². The molecule has 5 nitrogen and oxygen atoms in total. The van der Waals surface area contributed by atoms with Crippen molar-refractivity contribution < 1.29 is 9.53 Å². The molecular formula is C28H23N3O2S. The van der Waals surface area contributed by atoms with Crippen molar-refractivity contribution in [1.29, 1.82) is 0 Å². The lowest BCUT2D eigenvalue weighted by atomic mass is 10.0. The van der Waals surface area contributed by atoms with Crippen LogP contribution in [0.15, 0.2) is 83.9 Å². The molecule has 3 aromatic carbocycles. The fourth-order valence-corrected chi connectivity index (χ4v) is 5.46. The van der Waals surface area contributed by atoms with Crippen molar-refractivity contribution >= 4 is 23.4 Å². The Hall–Kier alpha value is -3.64. The molecule has 0 radical (unpaired) electrons. The van der Waals surface area contributed by atoms with E-state index in [2.05, 4.69) is 12.1 Å². The van der Waals surface area contributed by atoms with Crippen molar-refractivity contribution in [3.63, 3.8) is 0 Å². The summed E-state index contributed by atoms with van der Waals surface area (Å²) in [5, 5.41) is 0.803. The number of rotatable bonds is 4. The molecule has 0 atom stereocenters. The Balaban J connectivity index is 1.32. The average Bonchev–Trinajstić information content (AvgIpc) is 2.90. The van der Waals surface area contributed by atoms with E-state index >= 15 is 0 Å². The summed E-state index contributed by atoms with van der Waals surface area (Å²) in [6.45, 7) is 0.754. The Labute approximate surface area is 202 Å². The van der Waals surface area contributed by atoms with Gasteiger partial charge in [0.15, 0.2) is 5.82 Å². The van der Waals surface area contributed by atoms with Gasteiger partial charge in [0.05, 0.1) is 11.3 Å². The van der Waals surface area contributed by atoms with Gasteiger partial charge in [0.2, 0.25) is 11.8 Å². The number of amides is 1. The van der Waals surface area contributed by atoms with E-state index in [9.17, 15) is 4.79 Å². The van der Waals surface area contributed by atoms with E-state index in [-0.39, 0.29) is 5.91 Å². The zero-order valence-electron chi connectivity index (χ0n) is 18.6. The molecule has 1 aromatic heterocycles. The molecule has 0 unspecified atom stereocenters. The van der Waals surface area contributed by atoms with Gasteiger partial charge in [0.25, 0.3) is 0 Å². The maximum atomic E-state index is 13.3. The molecule has 6 rings (SSSR count). The van der Waals surface area contributed by atoms with E-state index in [4.69, 9.17) is 14.7 Å². The highest BCUT2D eigenvalue weighted by atomic mass is 32.2. The predicted molar refractivity (Wildman–Crippen MR) is 135 cm³/mol. The first-order valence-electron chi connectivity index (χ1n) is 11.5. The second kappa shape index (κ2) is 8.95. The number of benzene rings is 3. The van der Waals surface area contributed by atoms with Crippen LogP contribution in [0.25, 0.3) is 11.4 Å². The SMILES string of the molecule is O=C(CSc1nc(-c2ccccc2)nc2c1Cc1ccccc1O2)N1CCCc2ccccc21. The summed E-state index contributed by atoms with van der Waals surface area (Å²) >= 11 is 1.47. The normalized spacial score (nSPS) is 13.9. The lowest BCUT2D eigenvalue weighted by Crippen LogP contribution is -2.36. The molecule has 0 saturated heterocycles. The van der Waals surface area contributed by atoms with Gasteiger partial charge in [-0.1, -0.05) is 78.5 Å². The smallest absolute Gasteiger partial charge is 0.237 e. The summed E-state index contributed by atoms with van der Waals surface area (Å²) in [7, 11) is 0. The van der Waals surface area contributed by atoms with Gasteiger partial charge in [-0.05, 0) is 36.1 Å². The molecule has 1 amide bonds. The number of hydrogen-bond donors (Lipinski definition) is 0. The Morgan fingerprint density at radius 3 is 2.56 bits per heavy atom. The van der Waals surface area contributed by atoms with Crippen LogP contribution in [0.2, 0.25) is 0 Å². The number of anilines is 1. The van der Waals surface area contributed by atoms with Crippen molar-refractivity contribution in [2.75, 3.05) is 17.2 Å². The molecule has 0 bridgehead atoms. The second-order valence-electron chi connectivity index (χ2n) is 8.45. The molecule has 0 saturated carbocycles. The lowest BCUT2D eigenvalue weighted by Gasteiger charge is -2.29. The minimum Gasteiger partial charge on any atom is -0.438 e. The Kier molecular flexibility index (Phi) is 5.51. The van der Waals surface area contributed by atoms with Crippen LogP contribution in [0.3, 0.4) is 0 Å². The molecule has 168 valence electrons. The van der Waals surface area contributed by atoms with Crippen LogP contribution in [0, 0.1) is 0 Å². The van der Waals surface area contributed by atoms with Crippen molar-refractivity contribution in [3.05, 3.63) is 95.6 Å². The molecule has 2 aliphatic rings. The van der Waals surface area contributed by atoms with Crippen LogP contribution in [-0.2, 0) is 17.6 Å². The molecule has 6 heteroatoms. The van der Waals surface area contributed by atoms with Crippen molar-refractivity contribution in [1.82, 2.24) is 9.97 Å². The molecule has 3 heterocycles. The summed E-state index contributed by atoms with van der Waals surface area (Å²) in [6.07, 6.45) is 2.69. The van der Waals surface area contributed by atoms with E-state index in [1.807, 2.05) is 71.6 Å². The Morgan fingerprint density at radius 1 is 0.912 bits per heavy atom. The zero-order valence-corrected chi connectivity index (χ0v) is 19.4. The van der Waals surface area contributed by atoms with Crippen LogP contribution in [0.5, 0.6) is 11.6 Å². The number of para-hydroxylation sites is 2. The molecule has 0 fully saturated rings. The minimum atomic E-state index is 0.0999. The van der Waals surface area contributed by atoms with Crippen molar-refractivity contribution in [2.45, 2.75) is 24.3 Å². The maximum absolute atomic E-state index is 13.3. The third-order valence-electron chi connectivity index (χ3n) is 6.25. The van der Waals surface area contributed by atoms with Crippen molar-refractivity contribution in [2.24, 2.45) is 0 Å². The molecule has 2 aliphatic heterocycles. The third-order valence-corrected chi connectivity index (χ3v) is 7.26. The lowest BCUT2D eigenvalue weighted by molar-refractivity contribution is -0.116. The first kappa shape index (κ1) is 20.9. The number of thioether (sulfide) groups is 1. The predicted octanol–water partition coefficient (Wildman–Crippen LogP) is 5.91. The molecule has 0 N–H and O–H groups in total. The fourth-order valence-electron chi connectivity index (χ4n) is 4.56. The van der Waals surface area contributed by atoms with Gasteiger partial charge in [-0.3, -0.25) is 4.79 Å². The van der Waals surface area contributed by atoms with E-state index in [0.29, 0.717) is 23.9 Å². The highest BCUT2D eigenvalue weighted by molar-refractivity contribution is 8.00. The molecular weight excluding hydrogens is 442 g/mol. The standard InChI is InChI=1S/C28H23N3O2S/c32-25(31-16-8-13-19-9-4-6-14-23(19)31)18-34-28-22-17-21-12-5-7-15-24(21)33-27(22)29-26(30-28)20-10-2-1-3-11-20/h1-7,9-12,14-15H,8,13,16-18H2. The maximum Gasteiger partial charge on any atom is 0.237 e. The van der Waals surface area contributed by atoms with Crippen LogP contribution in [0.4, 0.5) is 5.69 Å². The number of ether oxygens (including phenoxy) is 1. The first-order valence-corrected chi connectivity index (χ1v) is 12.5. The second-order valence-corrected chi connectivity index (χ2v) is 9.42. The number of hydrogen-bond acceptors (Lipinski definition) is 5. The van der Waals surface area contributed by atoms with Gasteiger partial charge < -0.3 is 9.64 Å². The summed E-state index contributed by atoms with van der Waals surface area (Å²) in [6, 6.07) is 26.1. The number of fused-ring (bicyclic) bond motifs is 3. The first-order chi connectivity index (χ1) is 16.8. The van der Waals surface area contributed by atoms with Crippen LogP contribution in [0.1, 0.15) is 23.1 Å². The monoisotopic (exact) mass is 465 g/mol. The van der Waals surface area contributed by atoms with Gasteiger partial charge in [-0.25, -0.2) is 4.98 Å². The number of carbonyl (C=O) groups is 1. The minimum absolute atomic E-state index is 0.0999. The van der Waals surface area contributed by atoms with Gasteiger partial charge in [-0.2, -0.15) is 4.98 Å². The topological polar surface area (TPSA) is 55.3 Å².